The van der Waals surface area contributed by atoms with Crippen molar-refractivity contribution in [2.24, 2.45) is 0 Å². The van der Waals surface area contributed by atoms with Gasteiger partial charge in [0.25, 0.3) is 0 Å². The minimum absolute atomic E-state index is 0.199. The summed E-state index contributed by atoms with van der Waals surface area (Å²) in [5.41, 5.74) is 2.19. The molecule has 15 heavy (non-hydrogen) atoms. The molecule has 0 saturated carbocycles. The Hall–Kier alpha value is -0.970. The van der Waals surface area contributed by atoms with Gasteiger partial charge in [-0.25, -0.2) is 0 Å². The minimum atomic E-state index is -0.199. The molecule has 4 nitrogen and oxygen atoms in total. The highest BCUT2D eigenvalue weighted by Gasteiger charge is 2.03. The zero-order valence-corrected chi connectivity index (χ0v) is 9.49. The van der Waals surface area contributed by atoms with E-state index >= 15 is 0 Å². The lowest BCUT2D eigenvalue weighted by molar-refractivity contribution is -0.0989. The molecule has 0 saturated heterocycles. The quantitative estimate of drug-likeness (QED) is 0.714. The molecule has 1 aromatic rings. The summed E-state index contributed by atoms with van der Waals surface area (Å²) in [6.07, 6.45) is 1.66. The average molecular weight is 210 g/mol. The number of hydrogen-bond donors (Lipinski definition) is 1. The smallest absolute Gasteiger partial charge is 0.169 e. The Kier molecular flexibility index (Phi) is 5.25. The fraction of sp³-hybridized carbons (Fsp3) is 0.545. The van der Waals surface area contributed by atoms with Crippen molar-refractivity contribution in [3.63, 3.8) is 0 Å². The van der Waals surface area contributed by atoms with Crippen molar-refractivity contribution in [1.82, 2.24) is 10.3 Å². The average Bonchev–Trinajstić information content (AvgIpc) is 2.27. The molecule has 0 spiro atoms. The lowest BCUT2D eigenvalue weighted by Crippen LogP contribution is -2.29. The van der Waals surface area contributed by atoms with Crippen molar-refractivity contribution in [3.8, 4) is 0 Å². The van der Waals surface area contributed by atoms with E-state index in [1.807, 2.05) is 25.3 Å². The molecular formula is C11H18N2O2. The van der Waals surface area contributed by atoms with Gasteiger partial charge in [-0.05, 0) is 18.6 Å². The van der Waals surface area contributed by atoms with E-state index < -0.39 is 0 Å². The Morgan fingerprint density at radius 3 is 2.60 bits per heavy atom. The van der Waals surface area contributed by atoms with Crippen LogP contribution < -0.4 is 5.32 Å². The Morgan fingerprint density at radius 1 is 1.33 bits per heavy atom. The molecule has 0 aliphatic heterocycles. The molecule has 0 aliphatic rings. The maximum absolute atomic E-state index is 5.05. The first kappa shape index (κ1) is 12.1. The molecule has 0 amide bonds. The molecule has 0 atom stereocenters. The predicted octanol–water partition coefficient (Wildman–Crippen LogP) is 1.10. The number of pyridine rings is 1. The van der Waals surface area contributed by atoms with Crippen molar-refractivity contribution in [3.05, 3.63) is 29.6 Å². The van der Waals surface area contributed by atoms with Gasteiger partial charge in [0.05, 0.1) is 5.69 Å². The Bertz CT molecular complexity index is 270. The molecule has 4 heteroatoms. The van der Waals surface area contributed by atoms with E-state index in [4.69, 9.17) is 9.47 Å². The summed E-state index contributed by atoms with van der Waals surface area (Å²) >= 11 is 0. The third kappa shape index (κ3) is 4.38. The van der Waals surface area contributed by atoms with Crippen molar-refractivity contribution in [1.29, 1.82) is 0 Å². The van der Waals surface area contributed by atoms with Crippen LogP contribution in [0.15, 0.2) is 18.3 Å². The van der Waals surface area contributed by atoms with Crippen LogP contribution in [0.3, 0.4) is 0 Å². The highest BCUT2D eigenvalue weighted by atomic mass is 16.7. The predicted molar refractivity (Wildman–Crippen MR) is 58.5 cm³/mol. The standard InChI is InChI=1S/C11H18N2O2/c1-9-4-5-10(13-6-9)7-12-8-11(14-2)15-3/h4-6,11-12H,7-8H2,1-3H3. The number of nitrogens with zero attached hydrogens (tertiary/aromatic N) is 1. The maximum atomic E-state index is 5.05. The molecule has 0 fully saturated rings. The molecule has 1 heterocycles. The summed E-state index contributed by atoms with van der Waals surface area (Å²) in [4.78, 5) is 4.28. The van der Waals surface area contributed by atoms with Crippen LogP contribution in [0.1, 0.15) is 11.3 Å². The number of rotatable bonds is 6. The van der Waals surface area contributed by atoms with Crippen LogP contribution in [-0.2, 0) is 16.0 Å². The van der Waals surface area contributed by atoms with E-state index in [0.717, 1.165) is 12.2 Å². The number of aryl methyl sites for hydroxylation is 1. The third-order valence-electron chi connectivity index (χ3n) is 2.12. The minimum Gasteiger partial charge on any atom is -0.355 e. The second kappa shape index (κ2) is 6.50. The molecule has 84 valence electrons. The van der Waals surface area contributed by atoms with Crippen molar-refractivity contribution in [2.75, 3.05) is 20.8 Å². The number of nitrogens with one attached hydrogen (secondary N) is 1. The SMILES string of the molecule is COC(CNCc1ccc(C)cn1)OC. The summed E-state index contributed by atoms with van der Waals surface area (Å²) in [5.74, 6) is 0. The fourth-order valence-corrected chi connectivity index (χ4v) is 1.18. The molecule has 0 aliphatic carbocycles. The van der Waals surface area contributed by atoms with E-state index in [1.165, 1.54) is 5.56 Å². The van der Waals surface area contributed by atoms with Gasteiger partial charge >= 0.3 is 0 Å². The lowest BCUT2D eigenvalue weighted by Gasteiger charge is -2.13. The first-order valence-corrected chi connectivity index (χ1v) is 4.94. The number of ether oxygens (including phenoxy) is 2. The molecule has 0 aromatic carbocycles. The highest BCUT2D eigenvalue weighted by Crippen LogP contribution is 1.98. The van der Waals surface area contributed by atoms with Gasteiger partial charge in [0.2, 0.25) is 0 Å². The molecule has 0 unspecified atom stereocenters. The van der Waals surface area contributed by atoms with Gasteiger partial charge in [0, 0.05) is 33.5 Å². The monoisotopic (exact) mass is 210 g/mol. The van der Waals surface area contributed by atoms with Crippen LogP contribution in [0, 0.1) is 6.92 Å². The maximum Gasteiger partial charge on any atom is 0.169 e. The van der Waals surface area contributed by atoms with Crippen LogP contribution in [0.2, 0.25) is 0 Å². The largest absolute Gasteiger partial charge is 0.355 e. The number of hydrogen-bond acceptors (Lipinski definition) is 4. The zero-order valence-electron chi connectivity index (χ0n) is 9.49. The molecular weight excluding hydrogens is 192 g/mol. The van der Waals surface area contributed by atoms with Crippen molar-refractivity contribution >= 4 is 0 Å². The van der Waals surface area contributed by atoms with Crippen LogP contribution in [0.5, 0.6) is 0 Å². The summed E-state index contributed by atoms with van der Waals surface area (Å²) in [6.45, 7) is 3.40. The normalized spacial score (nSPS) is 10.9. The van der Waals surface area contributed by atoms with Crippen molar-refractivity contribution in [2.45, 2.75) is 19.8 Å². The summed E-state index contributed by atoms with van der Waals surface area (Å²) in [7, 11) is 3.25. The van der Waals surface area contributed by atoms with Gasteiger partial charge in [-0.3, -0.25) is 4.98 Å². The van der Waals surface area contributed by atoms with Gasteiger partial charge in [-0.2, -0.15) is 0 Å². The molecule has 1 rings (SSSR count). The van der Waals surface area contributed by atoms with Gasteiger partial charge in [-0.15, -0.1) is 0 Å². The Balaban J connectivity index is 2.28. The van der Waals surface area contributed by atoms with E-state index in [-0.39, 0.29) is 6.29 Å². The fourth-order valence-electron chi connectivity index (χ4n) is 1.18. The molecule has 0 radical (unpaired) electrons. The molecule has 0 bridgehead atoms. The highest BCUT2D eigenvalue weighted by molar-refractivity contribution is 5.11. The number of methoxy groups -OCH3 is 2. The molecule has 1 aromatic heterocycles. The Morgan fingerprint density at radius 2 is 2.07 bits per heavy atom. The first-order valence-electron chi connectivity index (χ1n) is 4.94. The van der Waals surface area contributed by atoms with Gasteiger partial charge in [-0.1, -0.05) is 6.07 Å². The lowest BCUT2D eigenvalue weighted by atomic mass is 10.3. The molecule has 1 N–H and O–H groups in total. The van der Waals surface area contributed by atoms with Crippen LogP contribution in [0.25, 0.3) is 0 Å². The zero-order chi connectivity index (χ0) is 11.1. The summed E-state index contributed by atoms with van der Waals surface area (Å²) in [5, 5.41) is 3.21. The topological polar surface area (TPSA) is 43.4 Å². The summed E-state index contributed by atoms with van der Waals surface area (Å²) in [6, 6.07) is 4.06. The third-order valence-corrected chi connectivity index (χ3v) is 2.12. The second-order valence-electron chi connectivity index (χ2n) is 3.36. The van der Waals surface area contributed by atoms with E-state index in [9.17, 15) is 0 Å². The van der Waals surface area contributed by atoms with Gasteiger partial charge in [0.1, 0.15) is 0 Å². The van der Waals surface area contributed by atoms with Crippen LogP contribution >= 0.6 is 0 Å². The van der Waals surface area contributed by atoms with E-state index in [1.54, 1.807) is 14.2 Å². The van der Waals surface area contributed by atoms with Gasteiger partial charge < -0.3 is 14.8 Å². The second-order valence-corrected chi connectivity index (χ2v) is 3.36. The van der Waals surface area contributed by atoms with E-state index in [0.29, 0.717) is 6.54 Å². The van der Waals surface area contributed by atoms with Gasteiger partial charge in [0.15, 0.2) is 6.29 Å². The summed E-state index contributed by atoms with van der Waals surface area (Å²) < 4.78 is 10.1. The first-order chi connectivity index (χ1) is 7.26. The van der Waals surface area contributed by atoms with Crippen LogP contribution in [-0.4, -0.2) is 32.0 Å². The number of aromatic nitrogens is 1. The van der Waals surface area contributed by atoms with Crippen LogP contribution in [0.4, 0.5) is 0 Å². The van der Waals surface area contributed by atoms with Crippen molar-refractivity contribution < 1.29 is 9.47 Å². The van der Waals surface area contributed by atoms with E-state index in [2.05, 4.69) is 10.3 Å². The Labute approximate surface area is 90.6 Å².